The highest BCUT2D eigenvalue weighted by Crippen LogP contribution is 2.28. The zero-order valence-corrected chi connectivity index (χ0v) is 9.86. The van der Waals surface area contributed by atoms with Gasteiger partial charge in [0.2, 0.25) is 0 Å². The van der Waals surface area contributed by atoms with Crippen LogP contribution in [0.25, 0.3) is 0 Å². The van der Waals surface area contributed by atoms with Crippen LogP contribution in [0, 0.1) is 5.92 Å². The van der Waals surface area contributed by atoms with Gasteiger partial charge in [-0.25, -0.2) is 5.06 Å². The molecule has 0 aliphatic heterocycles. The second-order valence-corrected chi connectivity index (χ2v) is 4.07. The Labute approximate surface area is 91.5 Å². The summed E-state index contributed by atoms with van der Waals surface area (Å²) >= 11 is 0. The van der Waals surface area contributed by atoms with E-state index in [1.54, 1.807) is 14.2 Å². The van der Waals surface area contributed by atoms with Gasteiger partial charge in [-0.3, -0.25) is 9.63 Å². The van der Waals surface area contributed by atoms with Crippen LogP contribution in [-0.4, -0.2) is 38.3 Å². The van der Waals surface area contributed by atoms with Gasteiger partial charge in [0.05, 0.1) is 7.11 Å². The van der Waals surface area contributed by atoms with Crippen molar-refractivity contribution in [1.29, 1.82) is 0 Å². The molecule has 0 radical (unpaired) electrons. The molecule has 0 aromatic carbocycles. The summed E-state index contributed by atoms with van der Waals surface area (Å²) in [5.74, 6) is 0.278. The zero-order chi connectivity index (χ0) is 11.3. The van der Waals surface area contributed by atoms with Crippen LogP contribution in [0.5, 0.6) is 0 Å². The van der Waals surface area contributed by atoms with Gasteiger partial charge in [-0.2, -0.15) is 0 Å². The number of likely N-dealkylation sites (N-methyl/N-ethyl adjacent to an activating group) is 1. The number of carbonyl (C=O) groups excluding carboxylic acids is 1. The molecule has 4 heteroatoms. The summed E-state index contributed by atoms with van der Waals surface area (Å²) < 4.78 is 5.30. The maximum absolute atomic E-state index is 11.9. The molecule has 1 amide bonds. The standard InChI is InChI=1S/C11H21NO3/c1-12(15-3)11(13)10(14-2)9-7-5-4-6-8-9/h9-10H,4-8H2,1-3H3. The smallest absolute Gasteiger partial charge is 0.275 e. The highest BCUT2D eigenvalue weighted by molar-refractivity contribution is 5.80. The molecule has 1 fully saturated rings. The van der Waals surface area contributed by atoms with Crippen molar-refractivity contribution in [2.24, 2.45) is 5.92 Å². The molecule has 0 heterocycles. The minimum Gasteiger partial charge on any atom is -0.371 e. The first-order valence-corrected chi connectivity index (χ1v) is 5.55. The fourth-order valence-electron chi connectivity index (χ4n) is 2.20. The summed E-state index contributed by atoms with van der Waals surface area (Å²) in [5.41, 5.74) is 0. The van der Waals surface area contributed by atoms with Crippen molar-refractivity contribution in [2.75, 3.05) is 21.3 Å². The summed E-state index contributed by atoms with van der Waals surface area (Å²) in [7, 11) is 4.71. The van der Waals surface area contributed by atoms with Gasteiger partial charge in [-0.15, -0.1) is 0 Å². The highest BCUT2D eigenvalue weighted by atomic mass is 16.7. The molecule has 0 N–H and O–H groups in total. The van der Waals surface area contributed by atoms with Gasteiger partial charge < -0.3 is 4.74 Å². The lowest BCUT2D eigenvalue weighted by molar-refractivity contribution is -0.183. The van der Waals surface area contributed by atoms with Crippen molar-refractivity contribution in [3.8, 4) is 0 Å². The van der Waals surface area contributed by atoms with Crippen LogP contribution in [0.15, 0.2) is 0 Å². The van der Waals surface area contributed by atoms with Crippen molar-refractivity contribution >= 4 is 5.91 Å². The second kappa shape index (κ2) is 6.08. The Bertz CT molecular complexity index is 202. The van der Waals surface area contributed by atoms with Gasteiger partial charge in [0.25, 0.3) is 5.91 Å². The van der Waals surface area contributed by atoms with Crippen LogP contribution in [0.4, 0.5) is 0 Å². The fraction of sp³-hybridized carbons (Fsp3) is 0.909. The molecule has 1 aliphatic carbocycles. The molecule has 0 aromatic rings. The van der Waals surface area contributed by atoms with Crippen LogP contribution in [-0.2, 0) is 14.4 Å². The minimum atomic E-state index is -0.338. The number of hydrogen-bond donors (Lipinski definition) is 0. The van der Waals surface area contributed by atoms with Gasteiger partial charge in [-0.05, 0) is 18.8 Å². The Morgan fingerprint density at radius 3 is 2.33 bits per heavy atom. The number of hydrogen-bond acceptors (Lipinski definition) is 3. The molecule has 0 saturated heterocycles. The summed E-state index contributed by atoms with van der Waals surface area (Å²) in [6.07, 6.45) is 5.52. The molecule has 88 valence electrons. The number of ether oxygens (including phenoxy) is 1. The van der Waals surface area contributed by atoms with E-state index < -0.39 is 0 Å². The first-order chi connectivity index (χ1) is 7.20. The number of nitrogens with zero attached hydrogens (tertiary/aromatic N) is 1. The Balaban J connectivity index is 2.56. The number of rotatable bonds is 4. The Kier molecular flexibility index (Phi) is 5.05. The van der Waals surface area contributed by atoms with Crippen LogP contribution in [0.3, 0.4) is 0 Å². The minimum absolute atomic E-state index is 0.0769. The lowest BCUT2D eigenvalue weighted by Crippen LogP contribution is -2.42. The molecule has 1 saturated carbocycles. The Hall–Kier alpha value is -0.610. The summed E-state index contributed by atoms with van der Waals surface area (Å²) in [4.78, 5) is 16.8. The van der Waals surface area contributed by atoms with E-state index in [1.165, 1.54) is 31.4 Å². The lowest BCUT2D eigenvalue weighted by atomic mass is 9.85. The SMILES string of the molecule is COC(C(=O)N(C)OC)C1CCCCC1. The average Bonchev–Trinajstić information content (AvgIpc) is 2.30. The van der Waals surface area contributed by atoms with Gasteiger partial charge in [0, 0.05) is 14.2 Å². The van der Waals surface area contributed by atoms with E-state index in [9.17, 15) is 4.79 Å². The predicted octanol–water partition coefficient (Wildman–Crippen LogP) is 1.60. The first-order valence-electron chi connectivity index (χ1n) is 5.55. The molecule has 15 heavy (non-hydrogen) atoms. The molecule has 0 aromatic heterocycles. The molecular formula is C11H21NO3. The van der Waals surface area contributed by atoms with Crippen molar-refractivity contribution in [3.63, 3.8) is 0 Å². The molecule has 1 rings (SSSR count). The van der Waals surface area contributed by atoms with Crippen molar-refractivity contribution in [2.45, 2.75) is 38.2 Å². The highest BCUT2D eigenvalue weighted by Gasteiger charge is 2.31. The topological polar surface area (TPSA) is 38.8 Å². The monoisotopic (exact) mass is 215 g/mol. The molecular weight excluding hydrogens is 194 g/mol. The lowest BCUT2D eigenvalue weighted by Gasteiger charge is -2.30. The second-order valence-electron chi connectivity index (χ2n) is 4.07. The summed E-state index contributed by atoms with van der Waals surface area (Å²) in [6.45, 7) is 0. The number of methoxy groups -OCH3 is 1. The third kappa shape index (κ3) is 3.18. The van der Waals surface area contributed by atoms with E-state index in [0.29, 0.717) is 5.92 Å². The van der Waals surface area contributed by atoms with E-state index in [4.69, 9.17) is 9.57 Å². The Morgan fingerprint density at radius 1 is 1.27 bits per heavy atom. The number of amides is 1. The Morgan fingerprint density at radius 2 is 1.87 bits per heavy atom. The van der Waals surface area contributed by atoms with E-state index in [-0.39, 0.29) is 12.0 Å². The van der Waals surface area contributed by atoms with Crippen LogP contribution in [0.1, 0.15) is 32.1 Å². The molecule has 1 atom stereocenters. The molecule has 0 spiro atoms. The molecule has 1 aliphatic rings. The van der Waals surface area contributed by atoms with Crippen molar-refractivity contribution in [1.82, 2.24) is 5.06 Å². The van der Waals surface area contributed by atoms with Crippen LogP contribution in [0.2, 0.25) is 0 Å². The molecule has 0 bridgehead atoms. The van der Waals surface area contributed by atoms with Crippen LogP contribution >= 0.6 is 0 Å². The normalized spacial score (nSPS) is 19.9. The van der Waals surface area contributed by atoms with Gasteiger partial charge >= 0.3 is 0 Å². The van der Waals surface area contributed by atoms with E-state index >= 15 is 0 Å². The zero-order valence-electron chi connectivity index (χ0n) is 9.86. The number of carbonyl (C=O) groups is 1. The summed E-state index contributed by atoms with van der Waals surface area (Å²) in [6, 6.07) is 0. The average molecular weight is 215 g/mol. The van der Waals surface area contributed by atoms with Crippen LogP contribution < -0.4 is 0 Å². The first kappa shape index (κ1) is 12.5. The fourth-order valence-corrected chi connectivity index (χ4v) is 2.20. The van der Waals surface area contributed by atoms with E-state index in [2.05, 4.69) is 0 Å². The largest absolute Gasteiger partial charge is 0.371 e. The molecule has 4 nitrogen and oxygen atoms in total. The third-order valence-electron chi connectivity index (χ3n) is 3.16. The van der Waals surface area contributed by atoms with E-state index in [1.807, 2.05) is 0 Å². The summed E-state index contributed by atoms with van der Waals surface area (Å²) in [5, 5.41) is 1.25. The van der Waals surface area contributed by atoms with Gasteiger partial charge in [-0.1, -0.05) is 19.3 Å². The van der Waals surface area contributed by atoms with Crippen molar-refractivity contribution < 1.29 is 14.4 Å². The quantitative estimate of drug-likeness (QED) is 0.669. The predicted molar refractivity (Wildman–Crippen MR) is 57.2 cm³/mol. The van der Waals surface area contributed by atoms with Gasteiger partial charge in [0.1, 0.15) is 6.10 Å². The van der Waals surface area contributed by atoms with Crippen molar-refractivity contribution in [3.05, 3.63) is 0 Å². The van der Waals surface area contributed by atoms with E-state index in [0.717, 1.165) is 12.8 Å². The number of hydroxylamine groups is 2. The maximum atomic E-state index is 11.9. The van der Waals surface area contributed by atoms with Gasteiger partial charge in [0.15, 0.2) is 0 Å². The molecule has 1 unspecified atom stereocenters. The third-order valence-corrected chi connectivity index (χ3v) is 3.16. The maximum Gasteiger partial charge on any atom is 0.275 e.